The van der Waals surface area contributed by atoms with Crippen LogP contribution in [0.5, 0.6) is 5.75 Å². The van der Waals surface area contributed by atoms with Crippen LogP contribution in [0.2, 0.25) is 0 Å². The summed E-state index contributed by atoms with van der Waals surface area (Å²) in [6.07, 6.45) is 2.40. The molecule has 1 aliphatic rings. The van der Waals surface area contributed by atoms with Crippen LogP contribution < -0.4 is 10.1 Å². The van der Waals surface area contributed by atoms with Gasteiger partial charge in [0.25, 0.3) is 0 Å². The number of piperidine rings is 1. The molecule has 1 aromatic carbocycles. The first kappa shape index (κ1) is 11.0. The van der Waals surface area contributed by atoms with Crippen LogP contribution in [0.4, 0.5) is 0 Å². The molecule has 1 N–H and O–H groups in total. The standard InChI is InChI=1S/C13H16N2O/c1-10-4-5-11(8-14)13(7-10)16-12-3-2-6-15-9-12/h4-5,7,12,15H,2-3,6,9H2,1H3/t12-/m0/s1. The fourth-order valence-electron chi connectivity index (χ4n) is 1.92. The van der Waals surface area contributed by atoms with Gasteiger partial charge < -0.3 is 10.1 Å². The number of nitrogens with one attached hydrogen (secondary N) is 1. The van der Waals surface area contributed by atoms with Gasteiger partial charge in [0.05, 0.1) is 5.56 Å². The Hall–Kier alpha value is -1.53. The molecule has 1 aliphatic heterocycles. The van der Waals surface area contributed by atoms with Crippen LogP contribution in [-0.2, 0) is 0 Å². The van der Waals surface area contributed by atoms with E-state index in [1.807, 2.05) is 25.1 Å². The summed E-state index contributed by atoms with van der Waals surface area (Å²) in [6, 6.07) is 7.86. The van der Waals surface area contributed by atoms with Gasteiger partial charge in [-0.1, -0.05) is 6.07 Å². The first-order valence-corrected chi connectivity index (χ1v) is 5.68. The molecule has 0 radical (unpaired) electrons. The van der Waals surface area contributed by atoms with E-state index in [-0.39, 0.29) is 6.10 Å². The highest BCUT2D eigenvalue weighted by Crippen LogP contribution is 2.22. The molecule has 0 aliphatic carbocycles. The van der Waals surface area contributed by atoms with E-state index in [9.17, 15) is 0 Å². The number of ether oxygens (including phenoxy) is 1. The maximum Gasteiger partial charge on any atom is 0.137 e. The minimum Gasteiger partial charge on any atom is -0.488 e. The third-order valence-electron chi connectivity index (χ3n) is 2.80. The van der Waals surface area contributed by atoms with Gasteiger partial charge in [0.2, 0.25) is 0 Å². The minimum atomic E-state index is 0.197. The van der Waals surface area contributed by atoms with Crippen molar-refractivity contribution < 1.29 is 4.74 Å². The maximum absolute atomic E-state index is 8.99. The average Bonchev–Trinajstić information content (AvgIpc) is 2.31. The van der Waals surface area contributed by atoms with E-state index >= 15 is 0 Å². The monoisotopic (exact) mass is 216 g/mol. The Morgan fingerprint density at radius 3 is 3.06 bits per heavy atom. The fourth-order valence-corrected chi connectivity index (χ4v) is 1.92. The fraction of sp³-hybridized carbons (Fsp3) is 0.462. The van der Waals surface area contributed by atoms with Crippen molar-refractivity contribution in [1.29, 1.82) is 5.26 Å². The third-order valence-corrected chi connectivity index (χ3v) is 2.80. The van der Waals surface area contributed by atoms with E-state index < -0.39 is 0 Å². The van der Waals surface area contributed by atoms with Crippen molar-refractivity contribution in [2.45, 2.75) is 25.9 Å². The van der Waals surface area contributed by atoms with E-state index in [1.165, 1.54) is 0 Å². The summed E-state index contributed by atoms with van der Waals surface area (Å²) < 4.78 is 5.87. The molecule has 0 aromatic heterocycles. The van der Waals surface area contributed by atoms with E-state index in [0.717, 1.165) is 37.2 Å². The average molecular weight is 216 g/mol. The number of hydrogen-bond donors (Lipinski definition) is 1. The molecule has 3 nitrogen and oxygen atoms in total. The Morgan fingerprint density at radius 2 is 2.38 bits per heavy atom. The van der Waals surface area contributed by atoms with Crippen molar-refractivity contribution in [3.63, 3.8) is 0 Å². The second-order valence-electron chi connectivity index (χ2n) is 4.20. The number of nitriles is 1. The highest BCUT2D eigenvalue weighted by molar-refractivity contribution is 5.45. The van der Waals surface area contributed by atoms with Crippen molar-refractivity contribution in [3.05, 3.63) is 29.3 Å². The molecule has 0 amide bonds. The smallest absolute Gasteiger partial charge is 0.137 e. The van der Waals surface area contributed by atoms with Crippen LogP contribution in [0.25, 0.3) is 0 Å². The molecule has 1 aromatic rings. The van der Waals surface area contributed by atoms with Gasteiger partial charge >= 0.3 is 0 Å². The maximum atomic E-state index is 8.99. The Bertz CT molecular complexity index is 403. The van der Waals surface area contributed by atoms with Crippen LogP contribution in [0.15, 0.2) is 18.2 Å². The predicted molar refractivity (Wildman–Crippen MR) is 62.4 cm³/mol. The van der Waals surface area contributed by atoms with Gasteiger partial charge in [-0.25, -0.2) is 0 Å². The molecule has 1 saturated heterocycles. The molecule has 1 atom stereocenters. The van der Waals surface area contributed by atoms with Gasteiger partial charge in [-0.05, 0) is 44.0 Å². The molecule has 0 bridgehead atoms. The zero-order valence-electron chi connectivity index (χ0n) is 9.49. The zero-order chi connectivity index (χ0) is 11.4. The van der Waals surface area contributed by atoms with Crippen molar-refractivity contribution in [3.8, 4) is 11.8 Å². The third kappa shape index (κ3) is 2.53. The van der Waals surface area contributed by atoms with Crippen molar-refractivity contribution in [1.82, 2.24) is 5.32 Å². The van der Waals surface area contributed by atoms with Crippen LogP contribution in [0, 0.1) is 18.3 Å². The van der Waals surface area contributed by atoms with E-state index in [2.05, 4.69) is 11.4 Å². The van der Waals surface area contributed by atoms with Crippen LogP contribution >= 0.6 is 0 Å². The van der Waals surface area contributed by atoms with E-state index in [0.29, 0.717) is 5.56 Å². The van der Waals surface area contributed by atoms with Gasteiger partial charge in [-0.2, -0.15) is 5.26 Å². The Balaban J connectivity index is 2.13. The molecule has 2 rings (SSSR count). The Labute approximate surface area is 96.0 Å². The summed E-state index contributed by atoms with van der Waals surface area (Å²) in [4.78, 5) is 0. The topological polar surface area (TPSA) is 45.0 Å². The molecule has 84 valence electrons. The summed E-state index contributed by atoms with van der Waals surface area (Å²) in [6.45, 7) is 3.95. The Kier molecular flexibility index (Phi) is 3.43. The van der Waals surface area contributed by atoms with Crippen molar-refractivity contribution >= 4 is 0 Å². The molecule has 0 saturated carbocycles. The van der Waals surface area contributed by atoms with Crippen LogP contribution in [0.1, 0.15) is 24.0 Å². The molecule has 0 unspecified atom stereocenters. The molecule has 1 fully saturated rings. The lowest BCUT2D eigenvalue weighted by atomic mass is 10.1. The highest BCUT2D eigenvalue weighted by Gasteiger charge is 2.15. The van der Waals surface area contributed by atoms with Crippen LogP contribution in [-0.4, -0.2) is 19.2 Å². The van der Waals surface area contributed by atoms with Crippen molar-refractivity contribution in [2.75, 3.05) is 13.1 Å². The lowest BCUT2D eigenvalue weighted by Gasteiger charge is -2.24. The van der Waals surface area contributed by atoms with Gasteiger partial charge in [0, 0.05) is 6.54 Å². The molecular formula is C13H16N2O. The summed E-state index contributed by atoms with van der Waals surface area (Å²) in [5.41, 5.74) is 1.74. The summed E-state index contributed by atoms with van der Waals surface area (Å²) in [5.74, 6) is 0.719. The normalized spacial score (nSPS) is 20.1. The number of nitrogens with zero attached hydrogens (tertiary/aromatic N) is 1. The SMILES string of the molecule is Cc1ccc(C#N)c(O[C@H]2CCCNC2)c1. The largest absolute Gasteiger partial charge is 0.488 e. The Morgan fingerprint density at radius 1 is 1.50 bits per heavy atom. The van der Waals surface area contributed by atoms with Crippen molar-refractivity contribution in [2.24, 2.45) is 0 Å². The second kappa shape index (κ2) is 5.00. The molecule has 16 heavy (non-hydrogen) atoms. The number of rotatable bonds is 2. The second-order valence-corrected chi connectivity index (χ2v) is 4.20. The lowest BCUT2D eigenvalue weighted by Crippen LogP contribution is -2.37. The molecular weight excluding hydrogens is 200 g/mol. The summed E-state index contributed by atoms with van der Waals surface area (Å²) >= 11 is 0. The molecule has 3 heteroatoms. The van der Waals surface area contributed by atoms with Gasteiger partial charge in [0.15, 0.2) is 0 Å². The molecule has 0 spiro atoms. The highest BCUT2D eigenvalue weighted by atomic mass is 16.5. The summed E-state index contributed by atoms with van der Waals surface area (Å²) in [7, 11) is 0. The first-order valence-electron chi connectivity index (χ1n) is 5.68. The first-order chi connectivity index (χ1) is 7.79. The quantitative estimate of drug-likeness (QED) is 0.822. The number of benzene rings is 1. The zero-order valence-corrected chi connectivity index (χ0v) is 9.49. The number of hydrogen-bond acceptors (Lipinski definition) is 3. The minimum absolute atomic E-state index is 0.197. The van der Waals surface area contributed by atoms with E-state index in [4.69, 9.17) is 10.00 Å². The van der Waals surface area contributed by atoms with E-state index in [1.54, 1.807) is 0 Å². The van der Waals surface area contributed by atoms with Gasteiger partial charge in [0.1, 0.15) is 17.9 Å². The predicted octanol–water partition coefficient (Wildman–Crippen LogP) is 2.00. The molecule has 1 heterocycles. The van der Waals surface area contributed by atoms with Crippen LogP contribution in [0.3, 0.4) is 0 Å². The van der Waals surface area contributed by atoms with Gasteiger partial charge in [-0.15, -0.1) is 0 Å². The summed E-state index contributed by atoms with van der Waals surface area (Å²) in [5, 5.41) is 12.3. The number of aryl methyl sites for hydroxylation is 1. The lowest BCUT2D eigenvalue weighted by molar-refractivity contribution is 0.166. The van der Waals surface area contributed by atoms with Gasteiger partial charge in [-0.3, -0.25) is 0 Å².